The van der Waals surface area contributed by atoms with E-state index in [-0.39, 0.29) is 16.0 Å². The number of hydrogen-bond acceptors (Lipinski definition) is 8. The van der Waals surface area contributed by atoms with E-state index in [4.69, 9.17) is 11.6 Å². The molecule has 0 N–H and O–H groups in total. The topological polar surface area (TPSA) is 93.5 Å². The van der Waals surface area contributed by atoms with Gasteiger partial charge in [0.25, 0.3) is 10.0 Å². The van der Waals surface area contributed by atoms with Gasteiger partial charge in [0.1, 0.15) is 5.75 Å². The van der Waals surface area contributed by atoms with E-state index in [1.165, 1.54) is 0 Å². The number of anilines is 2. The molecule has 0 bridgehead atoms. The van der Waals surface area contributed by atoms with Crippen molar-refractivity contribution >= 4 is 44.3 Å². The van der Waals surface area contributed by atoms with Crippen molar-refractivity contribution in [3.8, 4) is 5.75 Å². The van der Waals surface area contributed by atoms with Crippen LogP contribution in [0.25, 0.3) is 10.9 Å². The number of fused-ring (bicyclic) bond motifs is 1. The minimum absolute atomic E-state index is 0.230. The van der Waals surface area contributed by atoms with Gasteiger partial charge in [-0.3, -0.25) is 0 Å². The minimum Gasteiger partial charge on any atom is -0.406 e. The Morgan fingerprint density at radius 3 is 2.33 bits per heavy atom. The third-order valence-corrected chi connectivity index (χ3v) is 8.73. The van der Waals surface area contributed by atoms with Crippen LogP contribution in [0, 0.1) is 5.82 Å². The largest absolute Gasteiger partial charge is 0.573 e. The zero-order valence-corrected chi connectivity index (χ0v) is 21.5. The molecule has 1 aliphatic carbocycles. The molecule has 4 aromatic rings. The summed E-state index contributed by atoms with van der Waals surface area (Å²) in [5.74, 6) is -0.298. The number of benzene rings is 2. The van der Waals surface area contributed by atoms with Crippen molar-refractivity contribution in [1.29, 1.82) is 0 Å². The summed E-state index contributed by atoms with van der Waals surface area (Å²) in [6.45, 7) is 1.44. The van der Waals surface area contributed by atoms with E-state index in [1.54, 1.807) is 18.2 Å². The van der Waals surface area contributed by atoms with E-state index in [1.807, 2.05) is 9.80 Å². The number of piperazine rings is 1. The van der Waals surface area contributed by atoms with Gasteiger partial charge in [-0.15, -0.1) is 18.3 Å². The van der Waals surface area contributed by atoms with E-state index in [0.717, 1.165) is 53.6 Å². The zero-order valence-electron chi connectivity index (χ0n) is 19.9. The van der Waals surface area contributed by atoms with Crippen LogP contribution in [-0.2, 0) is 10.0 Å². The molecule has 6 rings (SSSR count). The molecule has 0 unspecified atom stereocenters. The van der Waals surface area contributed by atoms with Crippen LogP contribution in [0.4, 0.5) is 29.3 Å². The molecule has 204 valence electrons. The van der Waals surface area contributed by atoms with Crippen molar-refractivity contribution < 1.29 is 30.7 Å². The van der Waals surface area contributed by atoms with E-state index in [0.29, 0.717) is 41.8 Å². The summed E-state index contributed by atoms with van der Waals surface area (Å²) < 4.78 is 82.9. The van der Waals surface area contributed by atoms with Crippen molar-refractivity contribution in [2.45, 2.75) is 29.6 Å². The summed E-state index contributed by atoms with van der Waals surface area (Å²) >= 11 is 6.56. The summed E-state index contributed by atoms with van der Waals surface area (Å²) in [5.41, 5.74) is -0.144. The molecule has 39 heavy (non-hydrogen) atoms. The number of nitrogens with zero attached hydrogens (tertiary/aromatic N) is 6. The van der Waals surface area contributed by atoms with Crippen molar-refractivity contribution in [2.24, 2.45) is 0 Å². The van der Waals surface area contributed by atoms with Gasteiger partial charge in [-0.1, -0.05) is 17.7 Å². The van der Waals surface area contributed by atoms with Crippen LogP contribution in [0.1, 0.15) is 12.8 Å². The molecule has 1 spiro atoms. The molecule has 1 aliphatic heterocycles. The number of hydrogen-bond donors (Lipinski definition) is 0. The highest BCUT2D eigenvalue weighted by Crippen LogP contribution is 2.49. The van der Waals surface area contributed by atoms with Crippen molar-refractivity contribution in [1.82, 2.24) is 19.2 Å². The normalized spacial score (nSPS) is 17.2. The predicted octanol–water partition coefficient (Wildman–Crippen LogP) is 4.61. The van der Waals surface area contributed by atoms with Gasteiger partial charge in [0.2, 0.25) is 5.95 Å². The average Bonchev–Trinajstić information content (AvgIpc) is 3.52. The molecule has 15 heteroatoms. The number of aromatic nitrogens is 4. The van der Waals surface area contributed by atoms with Crippen LogP contribution in [0.5, 0.6) is 5.75 Å². The van der Waals surface area contributed by atoms with Crippen LogP contribution in [0.3, 0.4) is 0 Å². The Labute approximate surface area is 224 Å². The molecule has 2 aliphatic rings. The van der Waals surface area contributed by atoms with Crippen LogP contribution in [-0.4, -0.2) is 59.1 Å². The second-order valence-corrected chi connectivity index (χ2v) is 11.5. The molecule has 2 aromatic carbocycles. The third kappa shape index (κ3) is 4.61. The van der Waals surface area contributed by atoms with Crippen molar-refractivity contribution in [2.75, 3.05) is 29.4 Å². The molecule has 0 amide bonds. The molecule has 9 nitrogen and oxygen atoms in total. The first-order chi connectivity index (χ1) is 18.5. The fourth-order valence-corrected chi connectivity index (χ4v) is 6.42. The fraction of sp³-hybridized carbons (Fsp3) is 0.292. The van der Waals surface area contributed by atoms with Gasteiger partial charge >= 0.3 is 6.36 Å². The Morgan fingerprint density at radius 1 is 1.00 bits per heavy atom. The Bertz CT molecular complexity index is 1660. The van der Waals surface area contributed by atoms with Gasteiger partial charge < -0.3 is 14.5 Å². The molecular weight excluding hydrogens is 564 g/mol. The molecule has 3 heterocycles. The second kappa shape index (κ2) is 8.95. The van der Waals surface area contributed by atoms with E-state index < -0.39 is 28.0 Å². The van der Waals surface area contributed by atoms with Gasteiger partial charge in [0, 0.05) is 19.6 Å². The first kappa shape index (κ1) is 25.6. The fourth-order valence-electron chi connectivity index (χ4n) is 4.89. The highest BCUT2D eigenvalue weighted by Gasteiger charge is 2.53. The summed E-state index contributed by atoms with van der Waals surface area (Å²) in [4.78, 5) is 11.9. The minimum atomic E-state index is -4.91. The van der Waals surface area contributed by atoms with Gasteiger partial charge in [-0.2, -0.15) is 12.5 Å². The third-order valence-electron chi connectivity index (χ3n) is 6.81. The molecular formula is C24H19ClF4N6O3S. The Morgan fingerprint density at radius 2 is 1.69 bits per heavy atom. The van der Waals surface area contributed by atoms with Crippen molar-refractivity contribution in [3.05, 3.63) is 65.7 Å². The summed E-state index contributed by atoms with van der Waals surface area (Å²) in [6.07, 6.45) is -1.09. The van der Waals surface area contributed by atoms with Crippen LogP contribution >= 0.6 is 11.6 Å². The average molecular weight is 583 g/mol. The van der Waals surface area contributed by atoms with Crippen molar-refractivity contribution in [3.63, 3.8) is 0 Å². The molecule has 2 aromatic heterocycles. The highest BCUT2D eigenvalue weighted by molar-refractivity contribution is 7.90. The molecule has 2 fully saturated rings. The highest BCUT2D eigenvalue weighted by atomic mass is 35.5. The molecule has 0 radical (unpaired) electrons. The lowest BCUT2D eigenvalue weighted by Gasteiger charge is -2.42. The van der Waals surface area contributed by atoms with Crippen LogP contribution in [0.15, 0.2) is 59.8 Å². The Balaban J connectivity index is 1.37. The summed E-state index contributed by atoms with van der Waals surface area (Å²) in [7, 11) is -4.32. The van der Waals surface area contributed by atoms with Crippen LogP contribution in [0.2, 0.25) is 5.02 Å². The summed E-state index contributed by atoms with van der Waals surface area (Å²) in [5, 5.41) is 5.25. The molecule has 1 saturated heterocycles. The summed E-state index contributed by atoms with van der Waals surface area (Å²) in [6, 6.07) is 8.71. The van der Waals surface area contributed by atoms with Crippen LogP contribution < -0.4 is 14.5 Å². The van der Waals surface area contributed by atoms with Gasteiger partial charge in [-0.05, 0) is 49.2 Å². The lowest BCUT2D eigenvalue weighted by Crippen LogP contribution is -2.56. The molecule has 0 atom stereocenters. The van der Waals surface area contributed by atoms with Gasteiger partial charge in [0.15, 0.2) is 11.6 Å². The number of rotatable bonds is 5. The maximum absolute atomic E-state index is 13.6. The Kier molecular flexibility index (Phi) is 5.88. The van der Waals surface area contributed by atoms with Gasteiger partial charge in [0.05, 0.1) is 38.8 Å². The quantitative estimate of drug-likeness (QED) is 0.315. The smallest absolute Gasteiger partial charge is 0.406 e. The first-order valence-corrected chi connectivity index (χ1v) is 13.6. The first-order valence-electron chi connectivity index (χ1n) is 11.8. The van der Waals surface area contributed by atoms with E-state index in [2.05, 4.69) is 19.8 Å². The number of alkyl halides is 3. The Hall–Kier alpha value is -3.65. The number of ether oxygens (including phenoxy) is 1. The predicted molar refractivity (Wildman–Crippen MR) is 134 cm³/mol. The zero-order chi connectivity index (χ0) is 27.6. The van der Waals surface area contributed by atoms with E-state index >= 15 is 0 Å². The lowest BCUT2D eigenvalue weighted by atomic mass is 10.1. The monoisotopic (exact) mass is 582 g/mol. The van der Waals surface area contributed by atoms with E-state index in [9.17, 15) is 26.0 Å². The standard InChI is InChI=1S/C24H19ClF4N6O3S/c25-18-2-1-3-19-20(18)21(32-35(19)39(36,37)17-6-4-16(5-7-17)38-24(27,28)29)34-11-10-33(14-23(34)8-9-23)22-30-12-15(26)13-31-22/h1-7,12-13H,8-11,14H2. The number of halogens is 5. The second-order valence-electron chi connectivity index (χ2n) is 9.32. The SMILES string of the molecule is O=S(=O)(c1ccc(OC(F)(F)F)cc1)n1nc(N2CCN(c3ncc(F)cn3)CC23CC3)c2c(Cl)cccc21. The van der Waals surface area contributed by atoms with Gasteiger partial charge in [-0.25, -0.2) is 14.4 Å². The lowest BCUT2D eigenvalue weighted by molar-refractivity contribution is -0.274. The maximum atomic E-state index is 13.6. The maximum Gasteiger partial charge on any atom is 0.573 e. The molecule has 1 saturated carbocycles.